The van der Waals surface area contributed by atoms with E-state index in [0.717, 1.165) is 11.1 Å². The van der Waals surface area contributed by atoms with Crippen LogP contribution in [0.2, 0.25) is 0 Å². The summed E-state index contributed by atoms with van der Waals surface area (Å²) in [6, 6.07) is 7.57. The molecule has 1 rings (SSSR count). The van der Waals surface area contributed by atoms with Gasteiger partial charge in [0.05, 0.1) is 5.25 Å². The van der Waals surface area contributed by atoms with Gasteiger partial charge in [-0.05, 0) is 19.4 Å². The maximum atomic E-state index is 11.5. The molecule has 0 aliphatic carbocycles. The predicted molar refractivity (Wildman–Crippen MR) is 54.0 cm³/mol. The molecule has 0 N–H and O–H groups in total. The monoisotopic (exact) mass is 180 g/mol. The average Bonchev–Trinajstić information content (AvgIpc) is 2.04. The van der Waals surface area contributed by atoms with Crippen LogP contribution in [0.5, 0.6) is 0 Å². The maximum absolute atomic E-state index is 11.5. The van der Waals surface area contributed by atoms with Crippen molar-refractivity contribution in [3.63, 3.8) is 0 Å². The minimum absolute atomic E-state index is 0.0939. The van der Waals surface area contributed by atoms with Crippen molar-refractivity contribution in [1.82, 2.24) is 0 Å². The van der Waals surface area contributed by atoms with E-state index in [0.29, 0.717) is 0 Å². The first-order valence-corrected chi connectivity index (χ1v) is 4.42. The van der Waals surface area contributed by atoms with Gasteiger partial charge in [-0.3, -0.25) is 4.79 Å². The van der Waals surface area contributed by atoms with E-state index in [1.807, 2.05) is 31.2 Å². The molecule has 1 atom stereocenters. The van der Waals surface area contributed by atoms with Gasteiger partial charge in [-0.25, -0.2) is 0 Å². The smallest absolute Gasteiger partial charge is 0.175 e. The number of carbonyl (C=O) groups excluding carboxylic acids is 1. The predicted octanol–water partition coefficient (Wildman–Crippen LogP) is 2.50. The van der Waals surface area contributed by atoms with Gasteiger partial charge >= 0.3 is 0 Å². The minimum Gasteiger partial charge on any atom is -0.293 e. The fourth-order valence-electron chi connectivity index (χ4n) is 1.07. The van der Waals surface area contributed by atoms with E-state index in [-0.39, 0.29) is 11.0 Å². The largest absolute Gasteiger partial charge is 0.293 e. The Kier molecular flexibility index (Phi) is 2.93. The molecule has 1 nitrogen and oxygen atoms in total. The lowest BCUT2D eigenvalue weighted by Gasteiger charge is -2.05. The van der Waals surface area contributed by atoms with Crippen molar-refractivity contribution in [2.75, 3.05) is 0 Å². The van der Waals surface area contributed by atoms with Crippen molar-refractivity contribution >= 4 is 18.4 Å². The zero-order valence-corrected chi connectivity index (χ0v) is 8.14. The molecule has 64 valence electrons. The van der Waals surface area contributed by atoms with E-state index < -0.39 is 0 Å². The number of benzene rings is 1. The van der Waals surface area contributed by atoms with E-state index in [4.69, 9.17) is 0 Å². The minimum atomic E-state index is -0.217. The van der Waals surface area contributed by atoms with Crippen LogP contribution in [0.25, 0.3) is 0 Å². The second kappa shape index (κ2) is 3.76. The Bertz CT molecular complexity index is 292. The van der Waals surface area contributed by atoms with Gasteiger partial charge in [-0.15, -0.1) is 0 Å². The second-order valence-corrected chi connectivity index (χ2v) is 3.63. The first kappa shape index (κ1) is 9.33. The Morgan fingerprint density at radius 1 is 1.42 bits per heavy atom. The molecule has 2 heteroatoms. The van der Waals surface area contributed by atoms with Gasteiger partial charge in [-0.1, -0.05) is 24.3 Å². The van der Waals surface area contributed by atoms with Crippen LogP contribution in [0.3, 0.4) is 0 Å². The quantitative estimate of drug-likeness (QED) is 0.546. The number of thiol groups is 1. The average molecular weight is 180 g/mol. The van der Waals surface area contributed by atoms with Crippen LogP contribution in [0, 0.1) is 6.92 Å². The van der Waals surface area contributed by atoms with Crippen LogP contribution in [0.4, 0.5) is 0 Å². The molecule has 1 unspecified atom stereocenters. The maximum Gasteiger partial charge on any atom is 0.175 e. The van der Waals surface area contributed by atoms with Gasteiger partial charge in [0.25, 0.3) is 0 Å². The molecule has 0 aliphatic heterocycles. The number of rotatable bonds is 2. The standard InChI is InChI=1S/C10H12OS/c1-7-5-3-4-6-9(7)10(11)8(2)12/h3-6,8,12H,1-2H3. The molecule has 0 saturated carbocycles. The molecule has 0 radical (unpaired) electrons. The van der Waals surface area contributed by atoms with E-state index in [1.54, 1.807) is 6.92 Å². The van der Waals surface area contributed by atoms with Gasteiger partial charge in [0.2, 0.25) is 0 Å². The summed E-state index contributed by atoms with van der Waals surface area (Å²) in [5, 5.41) is -0.217. The summed E-state index contributed by atoms with van der Waals surface area (Å²) >= 11 is 4.10. The molecular formula is C10H12OS. The third kappa shape index (κ3) is 1.89. The fourth-order valence-corrected chi connectivity index (χ4v) is 1.21. The molecule has 0 aliphatic rings. The summed E-state index contributed by atoms with van der Waals surface area (Å²) in [7, 11) is 0. The normalized spacial score (nSPS) is 12.6. The number of Topliss-reactive ketones (excluding diaryl/α,β-unsaturated/α-hetero) is 1. The molecule has 0 amide bonds. The van der Waals surface area contributed by atoms with Crippen molar-refractivity contribution in [1.29, 1.82) is 0 Å². The van der Waals surface area contributed by atoms with Crippen LogP contribution in [-0.2, 0) is 0 Å². The molecule has 0 heterocycles. The Balaban J connectivity index is 3.03. The van der Waals surface area contributed by atoms with Gasteiger partial charge in [-0.2, -0.15) is 12.6 Å². The van der Waals surface area contributed by atoms with E-state index in [9.17, 15) is 4.79 Å². The SMILES string of the molecule is Cc1ccccc1C(=O)C(C)S. The lowest BCUT2D eigenvalue weighted by atomic mass is 10.0. The topological polar surface area (TPSA) is 17.1 Å². The highest BCUT2D eigenvalue weighted by molar-refractivity contribution is 7.81. The molecule has 0 aromatic heterocycles. The lowest BCUT2D eigenvalue weighted by Crippen LogP contribution is -2.11. The van der Waals surface area contributed by atoms with Gasteiger partial charge in [0.15, 0.2) is 5.78 Å². The Hall–Kier alpha value is -0.760. The van der Waals surface area contributed by atoms with Gasteiger partial charge in [0.1, 0.15) is 0 Å². The zero-order chi connectivity index (χ0) is 9.14. The first-order valence-electron chi connectivity index (χ1n) is 3.91. The highest BCUT2D eigenvalue weighted by atomic mass is 32.1. The number of carbonyl (C=O) groups is 1. The van der Waals surface area contributed by atoms with Crippen molar-refractivity contribution in [3.05, 3.63) is 35.4 Å². The van der Waals surface area contributed by atoms with E-state index >= 15 is 0 Å². The summed E-state index contributed by atoms with van der Waals surface area (Å²) in [6.45, 7) is 3.72. The van der Waals surface area contributed by atoms with E-state index in [2.05, 4.69) is 12.6 Å². The van der Waals surface area contributed by atoms with E-state index in [1.165, 1.54) is 0 Å². The number of hydrogen-bond acceptors (Lipinski definition) is 2. The molecule has 12 heavy (non-hydrogen) atoms. The molecular weight excluding hydrogens is 168 g/mol. The molecule has 0 bridgehead atoms. The summed E-state index contributed by atoms with van der Waals surface area (Å²) in [4.78, 5) is 11.5. The first-order chi connectivity index (χ1) is 5.63. The van der Waals surface area contributed by atoms with Crippen LogP contribution in [0.1, 0.15) is 22.8 Å². The Morgan fingerprint density at radius 3 is 2.50 bits per heavy atom. The summed E-state index contributed by atoms with van der Waals surface area (Å²) < 4.78 is 0. The fraction of sp³-hybridized carbons (Fsp3) is 0.300. The van der Waals surface area contributed by atoms with Crippen molar-refractivity contribution in [3.8, 4) is 0 Å². The van der Waals surface area contributed by atoms with Gasteiger partial charge in [0, 0.05) is 5.56 Å². The van der Waals surface area contributed by atoms with Crippen LogP contribution in [0.15, 0.2) is 24.3 Å². The molecule has 1 aromatic rings. The molecule has 0 fully saturated rings. The summed E-state index contributed by atoms with van der Waals surface area (Å²) in [6.07, 6.45) is 0. The second-order valence-electron chi connectivity index (χ2n) is 2.86. The molecule has 0 saturated heterocycles. The Morgan fingerprint density at radius 2 is 2.00 bits per heavy atom. The van der Waals surface area contributed by atoms with Gasteiger partial charge < -0.3 is 0 Å². The van der Waals surface area contributed by atoms with Crippen LogP contribution in [-0.4, -0.2) is 11.0 Å². The highest BCUT2D eigenvalue weighted by Gasteiger charge is 2.12. The van der Waals surface area contributed by atoms with Crippen molar-refractivity contribution in [2.24, 2.45) is 0 Å². The van der Waals surface area contributed by atoms with Crippen molar-refractivity contribution in [2.45, 2.75) is 19.1 Å². The highest BCUT2D eigenvalue weighted by Crippen LogP contribution is 2.11. The number of aryl methyl sites for hydroxylation is 1. The number of hydrogen-bond donors (Lipinski definition) is 1. The lowest BCUT2D eigenvalue weighted by molar-refractivity contribution is 0.0994. The van der Waals surface area contributed by atoms with Crippen molar-refractivity contribution < 1.29 is 4.79 Å². The third-order valence-electron chi connectivity index (χ3n) is 1.79. The third-order valence-corrected chi connectivity index (χ3v) is 2.02. The number of ketones is 1. The molecule has 1 aromatic carbocycles. The van der Waals surface area contributed by atoms with Crippen LogP contribution < -0.4 is 0 Å². The Labute approximate surface area is 78.2 Å². The molecule has 0 spiro atoms. The van der Waals surface area contributed by atoms with Crippen LogP contribution >= 0.6 is 12.6 Å². The summed E-state index contributed by atoms with van der Waals surface area (Å²) in [5.74, 6) is 0.0939. The zero-order valence-electron chi connectivity index (χ0n) is 7.24. The summed E-state index contributed by atoms with van der Waals surface area (Å²) in [5.41, 5.74) is 1.79.